The van der Waals surface area contributed by atoms with Gasteiger partial charge in [-0.1, -0.05) is 87.8 Å². The summed E-state index contributed by atoms with van der Waals surface area (Å²) in [5.74, 6) is 0. The van der Waals surface area contributed by atoms with Crippen LogP contribution in [0.25, 0.3) is 0 Å². The fourth-order valence-electron chi connectivity index (χ4n) is 1.65. The highest BCUT2D eigenvalue weighted by Gasteiger charge is 2.07. The van der Waals surface area contributed by atoms with Crippen molar-refractivity contribution in [2.24, 2.45) is 0 Å². The Hall–Kier alpha value is 0.700. The molecule has 0 aromatic heterocycles. The third-order valence-corrected chi connectivity index (χ3v) is 6.36. The van der Waals surface area contributed by atoms with Crippen LogP contribution in [0.5, 0.6) is 0 Å². The maximum absolute atomic E-state index is 2.38. The molecule has 0 spiro atoms. The van der Waals surface area contributed by atoms with Gasteiger partial charge < -0.3 is 0 Å². The first-order valence-electron chi connectivity index (χ1n) is 7.02. The van der Waals surface area contributed by atoms with Gasteiger partial charge in [-0.3, -0.25) is 0 Å². The van der Waals surface area contributed by atoms with Crippen LogP contribution in [0.15, 0.2) is 0 Å². The lowest BCUT2D eigenvalue weighted by atomic mass is 10.2. The summed E-state index contributed by atoms with van der Waals surface area (Å²) in [4.78, 5) is 0. The first-order chi connectivity index (χ1) is 7.70. The molecule has 98 valence electrons. The Kier molecular flexibility index (Phi) is 12.7. The molecule has 0 saturated heterocycles. The summed E-state index contributed by atoms with van der Waals surface area (Å²) < 4.78 is 0. The number of hydrogen-bond donors (Lipinski definition) is 0. The maximum atomic E-state index is 2.38. The Balaban J connectivity index is 3.32. The van der Waals surface area contributed by atoms with Gasteiger partial charge in [-0.2, -0.15) is 0 Å². The van der Waals surface area contributed by atoms with Crippen molar-refractivity contribution >= 4 is 21.6 Å². The summed E-state index contributed by atoms with van der Waals surface area (Å²) in [5, 5.41) is 1.68. The quantitative estimate of drug-likeness (QED) is 0.316. The van der Waals surface area contributed by atoms with E-state index in [0.29, 0.717) is 0 Å². The molecule has 0 fully saturated rings. The van der Waals surface area contributed by atoms with Gasteiger partial charge in [-0.25, -0.2) is 0 Å². The number of hydrogen-bond acceptors (Lipinski definition) is 2. The highest BCUT2D eigenvalue weighted by molar-refractivity contribution is 8.77. The van der Waals surface area contributed by atoms with E-state index in [2.05, 4.69) is 49.3 Å². The SMILES string of the molecule is CCCCCC(C)SSC(C)CCCCC. The van der Waals surface area contributed by atoms with Crippen LogP contribution in [0.2, 0.25) is 0 Å². The van der Waals surface area contributed by atoms with Gasteiger partial charge in [0.2, 0.25) is 0 Å². The van der Waals surface area contributed by atoms with Gasteiger partial charge in [0, 0.05) is 10.5 Å². The van der Waals surface area contributed by atoms with Crippen LogP contribution in [0.3, 0.4) is 0 Å². The molecule has 0 aromatic rings. The molecule has 0 heterocycles. The van der Waals surface area contributed by atoms with Gasteiger partial charge in [-0.05, 0) is 12.8 Å². The van der Waals surface area contributed by atoms with E-state index in [1.807, 2.05) is 0 Å². The second-order valence-corrected chi connectivity index (χ2v) is 7.95. The Morgan fingerprint density at radius 1 is 0.688 bits per heavy atom. The van der Waals surface area contributed by atoms with Gasteiger partial charge >= 0.3 is 0 Å². The van der Waals surface area contributed by atoms with Gasteiger partial charge in [0.05, 0.1) is 0 Å². The first kappa shape index (κ1) is 16.7. The minimum absolute atomic E-state index is 0.838. The van der Waals surface area contributed by atoms with Crippen LogP contribution < -0.4 is 0 Å². The lowest BCUT2D eigenvalue weighted by Gasteiger charge is -2.14. The number of unbranched alkanes of at least 4 members (excludes halogenated alkanes) is 4. The van der Waals surface area contributed by atoms with E-state index in [-0.39, 0.29) is 0 Å². The third-order valence-electron chi connectivity index (χ3n) is 2.81. The van der Waals surface area contributed by atoms with Crippen molar-refractivity contribution in [2.75, 3.05) is 0 Å². The summed E-state index contributed by atoms with van der Waals surface area (Å²) in [6.07, 6.45) is 11.1. The summed E-state index contributed by atoms with van der Waals surface area (Å²) >= 11 is 0. The van der Waals surface area contributed by atoms with Crippen molar-refractivity contribution in [3.8, 4) is 0 Å². The minimum atomic E-state index is 0.838. The average Bonchev–Trinajstić information content (AvgIpc) is 2.27. The van der Waals surface area contributed by atoms with Crippen LogP contribution in [0, 0.1) is 0 Å². The van der Waals surface area contributed by atoms with E-state index < -0.39 is 0 Å². The van der Waals surface area contributed by atoms with E-state index in [1.54, 1.807) is 0 Å². The molecular formula is C14H30S2. The molecule has 2 atom stereocenters. The second-order valence-electron chi connectivity index (χ2n) is 4.81. The molecule has 0 aliphatic carbocycles. The smallest absolute Gasteiger partial charge is 0.0123 e. The Labute approximate surface area is 111 Å². The molecule has 0 nitrogen and oxygen atoms in total. The second kappa shape index (κ2) is 12.2. The van der Waals surface area contributed by atoms with E-state index in [0.717, 1.165) is 10.5 Å². The maximum Gasteiger partial charge on any atom is 0.0123 e. The fraction of sp³-hybridized carbons (Fsp3) is 1.00. The molecule has 2 unspecified atom stereocenters. The molecule has 0 radical (unpaired) electrons. The summed E-state index contributed by atoms with van der Waals surface area (Å²) in [5.41, 5.74) is 0. The molecule has 0 amide bonds. The standard InChI is InChI=1S/C14H30S2/c1-5-7-9-11-13(3)15-16-14(4)12-10-8-6-2/h13-14H,5-12H2,1-4H3. The molecule has 0 bridgehead atoms. The van der Waals surface area contributed by atoms with E-state index in [4.69, 9.17) is 0 Å². The van der Waals surface area contributed by atoms with Crippen molar-refractivity contribution in [2.45, 2.75) is 89.6 Å². The first-order valence-corrected chi connectivity index (χ1v) is 9.30. The average molecular weight is 263 g/mol. The Morgan fingerprint density at radius 2 is 1.06 bits per heavy atom. The molecule has 0 aliphatic heterocycles. The Bertz CT molecular complexity index is 121. The van der Waals surface area contributed by atoms with Gasteiger partial charge in [-0.15, -0.1) is 0 Å². The van der Waals surface area contributed by atoms with Crippen molar-refractivity contribution in [1.82, 2.24) is 0 Å². The lowest BCUT2D eigenvalue weighted by Crippen LogP contribution is -1.98. The van der Waals surface area contributed by atoms with Crippen molar-refractivity contribution in [1.29, 1.82) is 0 Å². The normalized spacial score (nSPS) is 15.0. The predicted molar refractivity (Wildman–Crippen MR) is 82.4 cm³/mol. The topological polar surface area (TPSA) is 0 Å². The van der Waals surface area contributed by atoms with E-state index in [9.17, 15) is 0 Å². The zero-order valence-corrected chi connectivity index (χ0v) is 13.3. The van der Waals surface area contributed by atoms with Crippen LogP contribution in [0.1, 0.15) is 79.1 Å². The largest absolute Gasteiger partial charge is 0.0907 e. The zero-order valence-electron chi connectivity index (χ0n) is 11.6. The van der Waals surface area contributed by atoms with Crippen molar-refractivity contribution in [3.63, 3.8) is 0 Å². The highest BCUT2D eigenvalue weighted by Crippen LogP contribution is 2.35. The lowest BCUT2D eigenvalue weighted by molar-refractivity contribution is 0.663. The Morgan fingerprint density at radius 3 is 1.38 bits per heavy atom. The number of rotatable bonds is 11. The summed E-state index contributed by atoms with van der Waals surface area (Å²) in [7, 11) is 4.22. The molecular weight excluding hydrogens is 232 g/mol. The summed E-state index contributed by atoms with van der Waals surface area (Å²) in [6.45, 7) is 9.32. The van der Waals surface area contributed by atoms with Gasteiger partial charge in [0.15, 0.2) is 0 Å². The predicted octanol–water partition coefficient (Wildman–Crippen LogP) is 6.31. The van der Waals surface area contributed by atoms with Crippen molar-refractivity contribution < 1.29 is 0 Å². The zero-order chi connectivity index (χ0) is 12.2. The van der Waals surface area contributed by atoms with Crippen LogP contribution in [0.4, 0.5) is 0 Å². The molecule has 16 heavy (non-hydrogen) atoms. The molecule has 0 rings (SSSR count). The molecule has 0 aromatic carbocycles. The van der Waals surface area contributed by atoms with Crippen LogP contribution in [-0.4, -0.2) is 10.5 Å². The molecule has 0 saturated carbocycles. The fourth-order valence-corrected chi connectivity index (χ4v) is 4.27. The van der Waals surface area contributed by atoms with Gasteiger partial charge in [0.25, 0.3) is 0 Å². The highest BCUT2D eigenvalue weighted by atomic mass is 33.1. The van der Waals surface area contributed by atoms with Crippen LogP contribution in [-0.2, 0) is 0 Å². The van der Waals surface area contributed by atoms with Crippen molar-refractivity contribution in [3.05, 3.63) is 0 Å². The molecule has 2 heteroatoms. The molecule has 0 aliphatic rings. The minimum Gasteiger partial charge on any atom is -0.0907 e. The van der Waals surface area contributed by atoms with Gasteiger partial charge in [0.1, 0.15) is 0 Å². The van der Waals surface area contributed by atoms with E-state index in [1.165, 1.54) is 51.4 Å². The van der Waals surface area contributed by atoms with E-state index >= 15 is 0 Å². The third kappa shape index (κ3) is 11.2. The molecule has 0 N–H and O–H groups in total. The van der Waals surface area contributed by atoms with Crippen LogP contribution >= 0.6 is 21.6 Å². The monoisotopic (exact) mass is 262 g/mol. The summed E-state index contributed by atoms with van der Waals surface area (Å²) in [6, 6.07) is 0.